The van der Waals surface area contributed by atoms with Crippen molar-refractivity contribution in [1.29, 1.82) is 0 Å². The molecule has 7 heteroatoms. The first-order valence-corrected chi connectivity index (χ1v) is 6.92. The number of thiazole rings is 1. The van der Waals surface area contributed by atoms with Gasteiger partial charge >= 0.3 is 0 Å². The van der Waals surface area contributed by atoms with E-state index in [0.29, 0.717) is 23.7 Å². The molecule has 0 aliphatic heterocycles. The lowest BCUT2D eigenvalue weighted by molar-refractivity contribution is -0.105. The first-order chi connectivity index (χ1) is 10.3. The van der Waals surface area contributed by atoms with Gasteiger partial charge in [-0.05, 0) is 18.2 Å². The van der Waals surface area contributed by atoms with Crippen molar-refractivity contribution in [2.75, 3.05) is 5.32 Å². The van der Waals surface area contributed by atoms with Gasteiger partial charge in [0, 0.05) is 18.5 Å². The number of amides is 1. The molecule has 0 saturated carbocycles. The quantitative estimate of drug-likeness (QED) is 0.733. The van der Waals surface area contributed by atoms with Crippen LogP contribution in [-0.4, -0.2) is 21.4 Å². The molecule has 0 saturated heterocycles. The lowest BCUT2D eigenvalue weighted by atomic mass is 10.3. The number of hydrogen-bond donors (Lipinski definition) is 1. The highest BCUT2D eigenvalue weighted by Gasteiger charge is 2.04. The molecule has 0 aromatic carbocycles. The zero-order valence-corrected chi connectivity index (χ0v) is 11.6. The Morgan fingerprint density at radius 1 is 1.14 bits per heavy atom. The van der Waals surface area contributed by atoms with Gasteiger partial charge in [0.2, 0.25) is 6.41 Å². The minimum atomic E-state index is 0.470. The smallest absolute Gasteiger partial charge is 0.212 e. The van der Waals surface area contributed by atoms with E-state index < -0.39 is 0 Å². The summed E-state index contributed by atoms with van der Waals surface area (Å²) >= 11 is 1.52. The first kappa shape index (κ1) is 13.2. The van der Waals surface area contributed by atoms with Crippen LogP contribution < -0.4 is 10.1 Å². The van der Waals surface area contributed by atoms with Crippen LogP contribution in [0, 0.1) is 0 Å². The summed E-state index contributed by atoms with van der Waals surface area (Å²) in [5.41, 5.74) is 2.56. The molecule has 1 amide bonds. The van der Waals surface area contributed by atoms with Gasteiger partial charge in [0.05, 0.1) is 22.3 Å². The molecule has 3 heterocycles. The number of hydrogen-bond acceptors (Lipinski definition) is 6. The average Bonchev–Trinajstić information content (AvgIpc) is 3.04. The number of nitrogens with one attached hydrogen (secondary N) is 1. The molecule has 3 aromatic heterocycles. The third-order valence-corrected chi connectivity index (χ3v) is 3.39. The Labute approximate surface area is 124 Å². The Bertz CT molecular complexity index is 729. The zero-order valence-electron chi connectivity index (χ0n) is 10.8. The summed E-state index contributed by atoms with van der Waals surface area (Å²) in [6.45, 7) is 0. The van der Waals surface area contributed by atoms with Crippen molar-refractivity contribution in [3.8, 4) is 22.1 Å². The molecule has 3 rings (SSSR count). The monoisotopic (exact) mass is 298 g/mol. The fourth-order valence-electron chi connectivity index (χ4n) is 1.67. The molecule has 3 aromatic rings. The van der Waals surface area contributed by atoms with E-state index in [1.54, 1.807) is 42.3 Å². The van der Waals surface area contributed by atoms with E-state index in [9.17, 15) is 4.79 Å². The molecule has 21 heavy (non-hydrogen) atoms. The topological polar surface area (TPSA) is 77.0 Å². The van der Waals surface area contributed by atoms with E-state index in [0.717, 1.165) is 10.6 Å². The maximum absolute atomic E-state index is 10.3. The fourth-order valence-corrected chi connectivity index (χ4v) is 2.26. The summed E-state index contributed by atoms with van der Waals surface area (Å²) in [4.78, 5) is 23.6. The van der Waals surface area contributed by atoms with Crippen LogP contribution in [-0.2, 0) is 4.79 Å². The lowest BCUT2D eigenvalue weighted by Crippen LogP contribution is -1.96. The molecular formula is C14H10N4O2S. The van der Waals surface area contributed by atoms with E-state index in [2.05, 4.69) is 20.3 Å². The third-order valence-electron chi connectivity index (χ3n) is 2.60. The lowest BCUT2D eigenvalue weighted by Gasteiger charge is -2.06. The number of ether oxygens (including phenoxy) is 1. The van der Waals surface area contributed by atoms with Crippen molar-refractivity contribution in [3.05, 3.63) is 48.4 Å². The Morgan fingerprint density at radius 3 is 2.81 bits per heavy atom. The molecule has 0 aliphatic rings. The second-order valence-electron chi connectivity index (χ2n) is 3.99. The highest BCUT2D eigenvalue weighted by Crippen LogP contribution is 2.27. The molecule has 0 aliphatic carbocycles. The van der Waals surface area contributed by atoms with Gasteiger partial charge in [-0.2, -0.15) is 0 Å². The molecule has 0 spiro atoms. The minimum Gasteiger partial charge on any atom is -0.456 e. The minimum absolute atomic E-state index is 0.470. The predicted octanol–water partition coefficient (Wildman–Crippen LogP) is 2.96. The van der Waals surface area contributed by atoms with Crippen molar-refractivity contribution >= 4 is 23.6 Å². The van der Waals surface area contributed by atoms with Gasteiger partial charge in [0.25, 0.3) is 0 Å². The largest absolute Gasteiger partial charge is 0.456 e. The summed E-state index contributed by atoms with van der Waals surface area (Å²) in [5, 5.41) is 2.46. The molecule has 0 atom stereocenters. The van der Waals surface area contributed by atoms with Crippen LogP contribution in [0.5, 0.6) is 11.5 Å². The second kappa shape index (κ2) is 6.10. The molecular weight excluding hydrogens is 288 g/mol. The van der Waals surface area contributed by atoms with E-state index >= 15 is 0 Å². The van der Waals surface area contributed by atoms with Crippen molar-refractivity contribution in [1.82, 2.24) is 15.0 Å². The van der Waals surface area contributed by atoms with Gasteiger partial charge in [-0.3, -0.25) is 14.8 Å². The highest BCUT2D eigenvalue weighted by molar-refractivity contribution is 7.13. The average molecular weight is 298 g/mol. The molecule has 0 unspecified atom stereocenters. The standard InChI is InChI=1S/C14H10N4O2S/c19-8-18-14-2-1-11(6-17-14)20-10-3-4-16-12(5-10)13-7-15-9-21-13/h1-9H,(H,17,18,19). The van der Waals surface area contributed by atoms with Gasteiger partial charge in [-0.1, -0.05) is 0 Å². The summed E-state index contributed by atoms with van der Waals surface area (Å²) in [5.74, 6) is 1.71. The van der Waals surface area contributed by atoms with Crippen molar-refractivity contribution in [2.24, 2.45) is 0 Å². The summed E-state index contributed by atoms with van der Waals surface area (Å²) in [6.07, 6.45) is 5.56. The number of aromatic nitrogens is 3. The molecule has 1 N–H and O–H groups in total. The maximum Gasteiger partial charge on any atom is 0.212 e. The van der Waals surface area contributed by atoms with Crippen LogP contribution >= 0.6 is 11.3 Å². The van der Waals surface area contributed by atoms with Gasteiger partial charge < -0.3 is 10.1 Å². The van der Waals surface area contributed by atoms with Gasteiger partial charge in [-0.25, -0.2) is 4.98 Å². The molecule has 0 fully saturated rings. The van der Waals surface area contributed by atoms with Crippen LogP contribution in [0.2, 0.25) is 0 Å². The Morgan fingerprint density at radius 2 is 2.10 bits per heavy atom. The first-order valence-electron chi connectivity index (χ1n) is 6.04. The Hall–Kier alpha value is -2.80. The Kier molecular flexibility index (Phi) is 3.83. The number of carbonyl (C=O) groups excluding carboxylic acids is 1. The number of pyridine rings is 2. The van der Waals surface area contributed by atoms with E-state index in [1.165, 1.54) is 11.3 Å². The normalized spacial score (nSPS) is 10.1. The van der Waals surface area contributed by atoms with Crippen LogP contribution in [0.4, 0.5) is 5.82 Å². The molecule has 0 radical (unpaired) electrons. The molecule has 104 valence electrons. The van der Waals surface area contributed by atoms with Crippen molar-refractivity contribution in [2.45, 2.75) is 0 Å². The van der Waals surface area contributed by atoms with Crippen molar-refractivity contribution < 1.29 is 9.53 Å². The number of nitrogens with zero attached hydrogens (tertiary/aromatic N) is 3. The number of rotatable bonds is 5. The summed E-state index contributed by atoms with van der Waals surface area (Å²) in [7, 11) is 0. The van der Waals surface area contributed by atoms with E-state index in [-0.39, 0.29) is 0 Å². The second-order valence-corrected chi connectivity index (χ2v) is 4.87. The highest BCUT2D eigenvalue weighted by atomic mass is 32.1. The molecule has 6 nitrogen and oxygen atoms in total. The summed E-state index contributed by atoms with van der Waals surface area (Å²) < 4.78 is 5.72. The SMILES string of the molecule is O=CNc1ccc(Oc2ccnc(-c3cncs3)c2)cn1. The fraction of sp³-hybridized carbons (Fsp3) is 0. The van der Waals surface area contributed by atoms with Gasteiger partial charge in [-0.15, -0.1) is 11.3 Å². The van der Waals surface area contributed by atoms with E-state index in [4.69, 9.17) is 4.74 Å². The van der Waals surface area contributed by atoms with Crippen LogP contribution in [0.15, 0.2) is 48.4 Å². The molecule has 0 bridgehead atoms. The Balaban J connectivity index is 1.78. The third kappa shape index (κ3) is 3.21. The zero-order chi connectivity index (χ0) is 14.5. The summed E-state index contributed by atoms with van der Waals surface area (Å²) in [6, 6.07) is 6.99. The van der Waals surface area contributed by atoms with Crippen LogP contribution in [0.1, 0.15) is 0 Å². The van der Waals surface area contributed by atoms with Gasteiger partial charge in [0.1, 0.15) is 17.3 Å². The number of carbonyl (C=O) groups is 1. The number of anilines is 1. The van der Waals surface area contributed by atoms with Gasteiger partial charge in [0.15, 0.2) is 0 Å². The maximum atomic E-state index is 10.3. The van der Waals surface area contributed by atoms with Crippen LogP contribution in [0.25, 0.3) is 10.6 Å². The van der Waals surface area contributed by atoms with Crippen molar-refractivity contribution in [3.63, 3.8) is 0 Å². The van der Waals surface area contributed by atoms with Crippen LogP contribution in [0.3, 0.4) is 0 Å². The predicted molar refractivity (Wildman–Crippen MR) is 79.3 cm³/mol. The van der Waals surface area contributed by atoms with E-state index in [1.807, 2.05) is 6.07 Å².